The number of nitrogen functional groups attached to an aromatic ring is 2. The molecule has 344 valence electrons. The molecule has 4 N–H and O–H groups in total. The van der Waals surface area contributed by atoms with Gasteiger partial charge in [0.25, 0.3) is 0 Å². The number of anilines is 2. The largest absolute Gasteiger partial charge is 0.411 e. The van der Waals surface area contributed by atoms with E-state index in [0.29, 0.717) is 23.7 Å². The lowest BCUT2D eigenvalue weighted by atomic mass is 9.75. The van der Waals surface area contributed by atoms with Crippen LogP contribution in [0.1, 0.15) is 146 Å². The van der Waals surface area contributed by atoms with Crippen LogP contribution in [0.5, 0.6) is 0 Å². The third-order valence-electron chi connectivity index (χ3n) is 15.8. The van der Waals surface area contributed by atoms with Gasteiger partial charge in [-0.25, -0.2) is 0 Å². The lowest BCUT2D eigenvalue weighted by molar-refractivity contribution is -0.0305. The maximum Gasteiger partial charge on any atom is 0.192 e. The predicted molar refractivity (Wildman–Crippen MR) is 268 cm³/mol. The van der Waals surface area contributed by atoms with Crippen molar-refractivity contribution in [3.63, 3.8) is 0 Å². The van der Waals surface area contributed by atoms with Crippen LogP contribution in [0.2, 0.25) is 72.5 Å². The molecule has 2 heterocycles. The van der Waals surface area contributed by atoms with Crippen molar-refractivity contribution in [1.82, 2.24) is 9.97 Å². The van der Waals surface area contributed by atoms with Crippen molar-refractivity contribution < 1.29 is 17.7 Å². The molecule has 0 aromatic carbocycles. The standard InChI is InChI=1S/2C24H46N2O2Si2/c2*1-17-14-18(19-12-13-26-16-20(19)25)15-21(27-29(8,9)23(2,3)4)22(17)28-30(10,11)24(5,6)7/h2*12-13,16-18,21-22H,14-15,25H2,1-11H3/t2*17-,18+,21+,22?/m10/s1. The minimum Gasteiger partial charge on any atom is -0.411 e. The van der Waals surface area contributed by atoms with Crippen molar-refractivity contribution in [2.24, 2.45) is 11.8 Å². The molecule has 8 nitrogen and oxygen atoms in total. The van der Waals surface area contributed by atoms with Crippen LogP contribution in [0.4, 0.5) is 11.4 Å². The van der Waals surface area contributed by atoms with Gasteiger partial charge in [-0.15, -0.1) is 0 Å². The van der Waals surface area contributed by atoms with Gasteiger partial charge >= 0.3 is 0 Å². The van der Waals surface area contributed by atoms with E-state index in [0.717, 1.165) is 37.1 Å². The summed E-state index contributed by atoms with van der Waals surface area (Å²) in [5.74, 6) is 1.61. The first kappa shape index (κ1) is 52.9. The third-order valence-corrected chi connectivity index (χ3v) is 33.8. The number of aromatic nitrogens is 2. The Bertz CT molecular complexity index is 1570. The first-order valence-corrected chi connectivity index (χ1v) is 34.7. The molecular formula is C48H92N4O4Si4. The second-order valence-electron chi connectivity index (χ2n) is 24.8. The summed E-state index contributed by atoms with van der Waals surface area (Å²) in [5, 5.41) is 0.696. The van der Waals surface area contributed by atoms with Gasteiger partial charge in [0.05, 0.1) is 48.2 Å². The molecule has 2 aromatic heterocycles. The Kier molecular flexibility index (Phi) is 16.8. The van der Waals surface area contributed by atoms with Crippen molar-refractivity contribution in [2.75, 3.05) is 11.5 Å². The third kappa shape index (κ3) is 12.9. The number of nitrogens with two attached hydrogens (primary N) is 2. The molecule has 2 saturated carbocycles. The molecule has 0 aliphatic heterocycles. The van der Waals surface area contributed by atoms with E-state index in [2.05, 4.69) is 171 Å². The molecule has 4 rings (SSSR count). The van der Waals surface area contributed by atoms with E-state index in [9.17, 15) is 0 Å². The van der Waals surface area contributed by atoms with Crippen LogP contribution >= 0.6 is 0 Å². The van der Waals surface area contributed by atoms with Crippen LogP contribution in [0.3, 0.4) is 0 Å². The maximum atomic E-state index is 7.06. The van der Waals surface area contributed by atoms with Gasteiger partial charge < -0.3 is 29.2 Å². The second-order valence-corrected chi connectivity index (χ2v) is 43.8. The molecule has 2 aromatic rings. The highest BCUT2D eigenvalue weighted by Gasteiger charge is 2.50. The van der Waals surface area contributed by atoms with Gasteiger partial charge in [0.1, 0.15) is 0 Å². The average molecular weight is 902 g/mol. The van der Waals surface area contributed by atoms with E-state index >= 15 is 0 Å². The molecule has 0 bridgehead atoms. The molecule has 2 aliphatic rings. The molecule has 60 heavy (non-hydrogen) atoms. The highest BCUT2D eigenvalue weighted by atomic mass is 28.4. The number of nitrogens with zero attached hydrogens (tertiary/aromatic N) is 2. The smallest absolute Gasteiger partial charge is 0.192 e. The first-order valence-electron chi connectivity index (χ1n) is 23.0. The highest BCUT2D eigenvalue weighted by molar-refractivity contribution is 6.75. The van der Waals surface area contributed by atoms with E-state index < -0.39 is 33.3 Å². The van der Waals surface area contributed by atoms with E-state index in [-0.39, 0.29) is 44.6 Å². The molecule has 0 radical (unpaired) electrons. The van der Waals surface area contributed by atoms with E-state index in [4.69, 9.17) is 29.2 Å². The molecule has 2 fully saturated rings. The minimum absolute atomic E-state index is 0.0985. The second kappa shape index (κ2) is 19.0. The normalized spacial score (nSPS) is 26.6. The summed E-state index contributed by atoms with van der Waals surface area (Å²) in [6, 6.07) is 4.18. The van der Waals surface area contributed by atoms with Crippen LogP contribution in [-0.2, 0) is 17.7 Å². The summed E-state index contributed by atoms with van der Waals surface area (Å²) in [7, 11) is -7.69. The zero-order valence-electron chi connectivity index (χ0n) is 42.6. The lowest BCUT2D eigenvalue weighted by Crippen LogP contribution is -2.55. The molecular weight excluding hydrogens is 809 g/mol. The van der Waals surface area contributed by atoms with Crippen LogP contribution in [0, 0.1) is 11.8 Å². The van der Waals surface area contributed by atoms with Gasteiger partial charge in [0, 0.05) is 12.4 Å². The molecule has 8 atom stereocenters. The van der Waals surface area contributed by atoms with Gasteiger partial charge in [-0.2, -0.15) is 0 Å². The topological polar surface area (TPSA) is 115 Å². The lowest BCUT2D eigenvalue weighted by Gasteiger charge is -2.50. The fourth-order valence-electron chi connectivity index (χ4n) is 7.77. The van der Waals surface area contributed by atoms with Crippen LogP contribution < -0.4 is 11.5 Å². The van der Waals surface area contributed by atoms with Crippen molar-refractivity contribution in [2.45, 2.75) is 231 Å². The Morgan fingerprint density at radius 3 is 0.983 bits per heavy atom. The molecule has 0 amide bonds. The SMILES string of the molecule is C[C@@H]1C[C@H](c2ccncc2N)C[C@H](O[Si](C)(C)C(C)(C)C)C1O[Si](C)(C)C(C)(C)C.C[C@H]1C[C@@H](c2ccncc2N)C[C@@H](O[Si](C)(C)C(C)(C)C)C1O[Si](C)(C)C(C)(C)C. The molecule has 0 saturated heterocycles. The first-order chi connectivity index (χ1) is 26.9. The highest BCUT2D eigenvalue weighted by Crippen LogP contribution is 2.49. The summed E-state index contributed by atoms with van der Waals surface area (Å²) in [5.41, 5.74) is 16.6. The van der Waals surface area contributed by atoms with Crippen LogP contribution in [-0.4, -0.2) is 67.7 Å². The summed E-state index contributed by atoms with van der Waals surface area (Å²) in [6.45, 7) is 51.3. The van der Waals surface area contributed by atoms with Gasteiger partial charge in [0.15, 0.2) is 33.3 Å². The Hall–Kier alpha value is -1.39. The van der Waals surface area contributed by atoms with Crippen molar-refractivity contribution in [1.29, 1.82) is 0 Å². The van der Waals surface area contributed by atoms with Crippen molar-refractivity contribution in [3.05, 3.63) is 48.0 Å². The van der Waals surface area contributed by atoms with Gasteiger partial charge in [-0.05, 0) is 145 Å². The van der Waals surface area contributed by atoms with E-state index in [1.807, 2.05) is 12.4 Å². The van der Waals surface area contributed by atoms with E-state index in [1.54, 1.807) is 12.4 Å². The molecule has 2 unspecified atom stereocenters. The summed E-state index contributed by atoms with van der Waals surface area (Å²) in [4.78, 5) is 8.38. The predicted octanol–water partition coefficient (Wildman–Crippen LogP) is 13.9. The summed E-state index contributed by atoms with van der Waals surface area (Å²) in [6.07, 6.45) is 11.8. The Labute approximate surface area is 373 Å². The average Bonchev–Trinajstić information content (AvgIpc) is 3.06. The molecule has 2 aliphatic carbocycles. The van der Waals surface area contributed by atoms with Crippen LogP contribution in [0.25, 0.3) is 0 Å². The zero-order valence-corrected chi connectivity index (χ0v) is 46.6. The summed E-state index contributed by atoms with van der Waals surface area (Å²) >= 11 is 0. The number of pyridine rings is 2. The Balaban J connectivity index is 0.000000320. The maximum absolute atomic E-state index is 7.06. The molecule has 0 spiro atoms. The number of rotatable bonds is 10. The number of hydrogen-bond acceptors (Lipinski definition) is 8. The van der Waals surface area contributed by atoms with Crippen molar-refractivity contribution in [3.8, 4) is 0 Å². The van der Waals surface area contributed by atoms with E-state index in [1.165, 1.54) is 11.1 Å². The Morgan fingerprint density at radius 2 is 0.733 bits per heavy atom. The number of hydrogen-bond donors (Lipinski definition) is 2. The monoisotopic (exact) mass is 901 g/mol. The molecule has 12 heteroatoms. The zero-order chi connectivity index (χ0) is 46.2. The minimum atomic E-state index is -1.94. The van der Waals surface area contributed by atoms with Gasteiger partial charge in [0.2, 0.25) is 0 Å². The fraction of sp³-hybridized carbons (Fsp3) is 0.792. The van der Waals surface area contributed by atoms with Crippen LogP contribution in [0.15, 0.2) is 36.9 Å². The quantitative estimate of drug-likeness (QED) is 0.227. The van der Waals surface area contributed by atoms with Gasteiger partial charge in [-0.1, -0.05) is 96.9 Å². The fourth-order valence-corrected chi connectivity index (χ4v) is 13.3. The van der Waals surface area contributed by atoms with Gasteiger partial charge in [-0.3, -0.25) is 9.97 Å². The van der Waals surface area contributed by atoms with Crippen molar-refractivity contribution >= 4 is 44.6 Å². The Morgan fingerprint density at radius 1 is 0.467 bits per heavy atom. The summed E-state index contributed by atoms with van der Waals surface area (Å²) < 4.78 is 28.2.